The molecule has 2 atom stereocenters. The number of ether oxygens (including phenoxy) is 1. The molecule has 1 aromatic rings. The number of benzene rings is 1. The molecule has 132 valence electrons. The number of rotatable bonds is 3. The van der Waals surface area contributed by atoms with Crippen molar-refractivity contribution in [3.8, 4) is 5.75 Å². The van der Waals surface area contributed by atoms with Crippen LogP contribution in [0.2, 0.25) is 0 Å². The van der Waals surface area contributed by atoms with Gasteiger partial charge in [-0.3, -0.25) is 9.69 Å². The monoisotopic (exact) mass is 334 g/mol. The van der Waals surface area contributed by atoms with Crippen LogP contribution in [0.15, 0.2) is 24.3 Å². The number of amides is 1. The van der Waals surface area contributed by atoms with E-state index in [2.05, 4.69) is 18.9 Å². The van der Waals surface area contributed by atoms with E-state index in [9.17, 15) is 9.18 Å². The Morgan fingerprint density at radius 1 is 1.33 bits per heavy atom. The van der Waals surface area contributed by atoms with Crippen LogP contribution in [0, 0.1) is 5.82 Å². The van der Waals surface area contributed by atoms with Crippen molar-refractivity contribution in [1.82, 2.24) is 9.80 Å². The molecule has 1 aromatic carbocycles. The Labute approximate surface area is 143 Å². The van der Waals surface area contributed by atoms with E-state index in [-0.39, 0.29) is 29.9 Å². The van der Waals surface area contributed by atoms with Gasteiger partial charge in [0.15, 0.2) is 6.61 Å². The summed E-state index contributed by atoms with van der Waals surface area (Å²) in [6, 6.07) is 6.19. The van der Waals surface area contributed by atoms with E-state index >= 15 is 0 Å². The Hall–Kier alpha value is -1.62. The highest BCUT2D eigenvalue weighted by Crippen LogP contribution is 2.37. The maximum Gasteiger partial charge on any atom is 0.260 e. The van der Waals surface area contributed by atoms with Crippen LogP contribution in [0.4, 0.5) is 4.39 Å². The molecule has 4 nitrogen and oxygen atoms in total. The molecule has 2 saturated heterocycles. The standard InChI is InChI=1S/C19H27FN2O2/c1-19-10-6-12-22(17(19)9-3-4-11-21(19)2)18(23)14-24-16-8-5-7-15(20)13-16/h5,7-8,13,17H,3-4,6,9-12,14H2,1-2H3/t17-,19-/m0/s1. The van der Waals surface area contributed by atoms with Gasteiger partial charge in [0.25, 0.3) is 5.91 Å². The van der Waals surface area contributed by atoms with Crippen LogP contribution in [0.3, 0.4) is 0 Å². The first-order valence-electron chi connectivity index (χ1n) is 8.90. The molecule has 24 heavy (non-hydrogen) atoms. The van der Waals surface area contributed by atoms with Crippen molar-refractivity contribution in [3.05, 3.63) is 30.1 Å². The Morgan fingerprint density at radius 3 is 2.96 bits per heavy atom. The molecule has 0 aromatic heterocycles. The molecule has 0 bridgehead atoms. The number of likely N-dealkylation sites (tertiary alicyclic amines) is 2. The highest BCUT2D eigenvalue weighted by atomic mass is 19.1. The van der Waals surface area contributed by atoms with Gasteiger partial charge in [-0.25, -0.2) is 4.39 Å². The molecular formula is C19H27FN2O2. The molecule has 2 heterocycles. The normalized spacial score (nSPS) is 28.1. The molecule has 3 rings (SSSR count). The minimum absolute atomic E-state index is 0.00508. The lowest BCUT2D eigenvalue weighted by molar-refractivity contribution is -0.142. The quantitative estimate of drug-likeness (QED) is 0.852. The molecule has 1 amide bonds. The molecule has 2 aliphatic rings. The molecule has 0 unspecified atom stereocenters. The molecule has 2 aliphatic heterocycles. The van der Waals surface area contributed by atoms with Crippen molar-refractivity contribution in [3.63, 3.8) is 0 Å². The SMILES string of the molecule is CN1CCCC[C@@H]2N(C(=O)COc3cccc(F)c3)CCC[C@@]21C. The number of carbonyl (C=O) groups excluding carboxylic acids is 1. The summed E-state index contributed by atoms with van der Waals surface area (Å²) in [5.74, 6) is 0.0579. The predicted octanol–water partition coefficient (Wildman–Crippen LogP) is 3.07. The molecule has 0 N–H and O–H groups in total. The summed E-state index contributed by atoms with van der Waals surface area (Å²) in [6.45, 7) is 4.14. The van der Waals surface area contributed by atoms with Gasteiger partial charge in [-0.05, 0) is 58.3 Å². The fourth-order valence-corrected chi connectivity index (χ4v) is 4.20. The van der Waals surface area contributed by atoms with E-state index in [1.54, 1.807) is 12.1 Å². The highest BCUT2D eigenvalue weighted by Gasteiger charge is 2.45. The molecule has 0 radical (unpaired) electrons. The van der Waals surface area contributed by atoms with Crippen LogP contribution in [0.5, 0.6) is 5.75 Å². The third-order valence-electron chi connectivity index (χ3n) is 5.75. The highest BCUT2D eigenvalue weighted by molar-refractivity contribution is 5.78. The van der Waals surface area contributed by atoms with Crippen molar-refractivity contribution in [2.45, 2.75) is 50.6 Å². The molecule has 5 heteroatoms. The summed E-state index contributed by atoms with van der Waals surface area (Å²) >= 11 is 0. The average Bonchev–Trinajstić information content (AvgIpc) is 2.71. The van der Waals surface area contributed by atoms with Crippen LogP contribution < -0.4 is 4.74 Å². The Balaban J connectivity index is 1.69. The Bertz CT molecular complexity index is 594. The first-order chi connectivity index (χ1) is 11.5. The molecule has 2 fully saturated rings. The zero-order chi connectivity index (χ0) is 17.2. The fourth-order valence-electron chi connectivity index (χ4n) is 4.20. The fraction of sp³-hybridized carbons (Fsp3) is 0.632. The number of carbonyl (C=O) groups is 1. The third-order valence-corrected chi connectivity index (χ3v) is 5.75. The minimum Gasteiger partial charge on any atom is -0.484 e. The van der Waals surface area contributed by atoms with Crippen molar-refractivity contribution in [2.75, 3.05) is 26.7 Å². The summed E-state index contributed by atoms with van der Waals surface area (Å²) in [6.07, 6.45) is 5.53. The number of nitrogens with zero attached hydrogens (tertiary/aromatic N) is 2. The maximum absolute atomic E-state index is 13.2. The van der Waals surface area contributed by atoms with Crippen molar-refractivity contribution >= 4 is 5.91 Å². The minimum atomic E-state index is -0.351. The van der Waals surface area contributed by atoms with Crippen LogP contribution in [-0.2, 0) is 4.79 Å². The van der Waals surface area contributed by atoms with Gasteiger partial charge in [0.1, 0.15) is 11.6 Å². The number of piperidine rings is 1. The van der Waals surface area contributed by atoms with Gasteiger partial charge in [0, 0.05) is 24.2 Å². The van der Waals surface area contributed by atoms with Gasteiger partial charge in [-0.15, -0.1) is 0 Å². The topological polar surface area (TPSA) is 32.8 Å². The van der Waals surface area contributed by atoms with Gasteiger partial charge >= 0.3 is 0 Å². The van der Waals surface area contributed by atoms with E-state index in [0.29, 0.717) is 5.75 Å². The van der Waals surface area contributed by atoms with E-state index < -0.39 is 0 Å². The number of fused-ring (bicyclic) bond motifs is 1. The predicted molar refractivity (Wildman–Crippen MR) is 91.5 cm³/mol. The average molecular weight is 334 g/mol. The summed E-state index contributed by atoms with van der Waals surface area (Å²) in [5.41, 5.74) is 0.0449. The number of hydrogen-bond acceptors (Lipinski definition) is 3. The summed E-state index contributed by atoms with van der Waals surface area (Å²) in [5, 5.41) is 0. The largest absolute Gasteiger partial charge is 0.484 e. The Morgan fingerprint density at radius 2 is 2.17 bits per heavy atom. The zero-order valence-electron chi connectivity index (χ0n) is 14.6. The van der Waals surface area contributed by atoms with E-state index in [1.807, 2.05) is 4.90 Å². The third kappa shape index (κ3) is 3.41. The second-order valence-corrected chi connectivity index (χ2v) is 7.23. The van der Waals surface area contributed by atoms with Gasteiger partial charge in [0.05, 0.1) is 0 Å². The van der Waals surface area contributed by atoms with Gasteiger partial charge in [-0.2, -0.15) is 0 Å². The zero-order valence-corrected chi connectivity index (χ0v) is 14.6. The first kappa shape index (κ1) is 17.2. The number of hydrogen-bond donors (Lipinski definition) is 0. The number of halogens is 1. The van der Waals surface area contributed by atoms with Crippen LogP contribution in [-0.4, -0.2) is 54.0 Å². The lowest BCUT2D eigenvalue weighted by Crippen LogP contribution is -2.63. The van der Waals surface area contributed by atoms with Crippen LogP contribution in [0.1, 0.15) is 39.0 Å². The van der Waals surface area contributed by atoms with E-state index in [1.165, 1.54) is 18.6 Å². The van der Waals surface area contributed by atoms with Gasteiger partial charge < -0.3 is 9.64 Å². The van der Waals surface area contributed by atoms with Crippen molar-refractivity contribution in [2.24, 2.45) is 0 Å². The Kier molecular flexibility index (Phi) is 5.09. The van der Waals surface area contributed by atoms with Crippen LogP contribution >= 0.6 is 0 Å². The second kappa shape index (κ2) is 7.09. The smallest absolute Gasteiger partial charge is 0.260 e. The lowest BCUT2D eigenvalue weighted by Gasteiger charge is -2.51. The molecular weight excluding hydrogens is 307 g/mol. The van der Waals surface area contributed by atoms with Gasteiger partial charge in [-0.1, -0.05) is 12.5 Å². The van der Waals surface area contributed by atoms with E-state index in [0.717, 1.165) is 38.8 Å². The summed E-state index contributed by atoms with van der Waals surface area (Å²) in [7, 11) is 2.18. The maximum atomic E-state index is 13.2. The first-order valence-corrected chi connectivity index (χ1v) is 8.90. The lowest BCUT2D eigenvalue weighted by atomic mass is 9.80. The molecule has 0 saturated carbocycles. The summed E-state index contributed by atoms with van der Waals surface area (Å²) < 4.78 is 18.8. The van der Waals surface area contributed by atoms with E-state index in [4.69, 9.17) is 4.74 Å². The number of likely N-dealkylation sites (N-methyl/N-ethyl adjacent to an activating group) is 1. The van der Waals surface area contributed by atoms with Crippen LogP contribution in [0.25, 0.3) is 0 Å². The summed E-state index contributed by atoms with van der Waals surface area (Å²) in [4.78, 5) is 17.2. The molecule has 0 spiro atoms. The second-order valence-electron chi connectivity index (χ2n) is 7.23. The van der Waals surface area contributed by atoms with Crippen molar-refractivity contribution in [1.29, 1.82) is 0 Å². The molecule has 0 aliphatic carbocycles. The van der Waals surface area contributed by atoms with Crippen molar-refractivity contribution < 1.29 is 13.9 Å². The van der Waals surface area contributed by atoms with Gasteiger partial charge in [0.2, 0.25) is 0 Å².